The quantitative estimate of drug-likeness (QED) is 0.897. The number of aryl methyl sites for hydroxylation is 1. The van der Waals surface area contributed by atoms with Gasteiger partial charge in [-0.2, -0.15) is 0 Å². The van der Waals surface area contributed by atoms with Gasteiger partial charge in [-0.15, -0.1) is 0 Å². The Morgan fingerprint density at radius 3 is 3.00 bits per heavy atom. The molecule has 2 aromatic rings. The molecule has 0 bridgehead atoms. The highest BCUT2D eigenvalue weighted by molar-refractivity contribution is 6.04. The molecule has 1 amide bonds. The first-order chi connectivity index (χ1) is 9.22. The zero-order valence-corrected chi connectivity index (χ0v) is 10.6. The predicted molar refractivity (Wildman–Crippen MR) is 70.1 cm³/mol. The number of hydrogen-bond acceptors (Lipinski definition) is 3. The summed E-state index contributed by atoms with van der Waals surface area (Å²) < 4.78 is 7.12. The molecule has 0 fully saturated rings. The number of carbonyl (C=O) groups is 2. The number of ether oxygens (including phenoxy) is 1. The Labute approximate surface area is 110 Å². The number of fused-ring (bicyclic) bond motifs is 3. The number of ketones is 1. The summed E-state index contributed by atoms with van der Waals surface area (Å²) in [6, 6.07) is 7.81. The van der Waals surface area contributed by atoms with Crippen molar-refractivity contribution in [1.29, 1.82) is 0 Å². The lowest BCUT2D eigenvalue weighted by molar-refractivity contribution is 0.0989. The van der Waals surface area contributed by atoms with Gasteiger partial charge in [-0.25, -0.2) is 4.79 Å². The third kappa shape index (κ3) is 1.78. The third-order valence-electron chi connectivity index (χ3n) is 3.45. The Bertz CT molecular complexity index is 673. The van der Waals surface area contributed by atoms with Gasteiger partial charge in [0.15, 0.2) is 5.78 Å². The molecule has 0 aliphatic carbocycles. The van der Waals surface area contributed by atoms with E-state index in [0.717, 1.165) is 16.5 Å². The molecule has 19 heavy (non-hydrogen) atoms. The minimum atomic E-state index is -0.491. The van der Waals surface area contributed by atoms with E-state index in [0.29, 0.717) is 18.7 Å². The lowest BCUT2D eigenvalue weighted by Crippen LogP contribution is -2.19. The molecule has 0 radical (unpaired) electrons. The number of nitrogens with zero attached hydrogens (tertiary/aromatic N) is 1. The SMILES string of the molecule is CNC(=O)OCc1c2n(c3ccccc13)CCC2=O. The number of carbonyl (C=O) groups excluding carboxylic acids is 2. The molecule has 0 spiro atoms. The average Bonchev–Trinajstić information content (AvgIpc) is 2.95. The first kappa shape index (κ1) is 11.8. The number of Topliss-reactive ketones (excluding diaryl/α,β-unsaturated/α-hetero) is 1. The highest BCUT2D eigenvalue weighted by atomic mass is 16.5. The fourth-order valence-electron chi connectivity index (χ4n) is 2.61. The number of para-hydroxylation sites is 1. The number of rotatable bonds is 2. The largest absolute Gasteiger partial charge is 0.445 e. The average molecular weight is 258 g/mol. The van der Waals surface area contributed by atoms with E-state index in [1.165, 1.54) is 7.05 Å². The zero-order valence-electron chi connectivity index (χ0n) is 10.6. The first-order valence-corrected chi connectivity index (χ1v) is 6.20. The van der Waals surface area contributed by atoms with Crippen LogP contribution in [0.2, 0.25) is 0 Å². The summed E-state index contributed by atoms with van der Waals surface area (Å²) in [5, 5.41) is 3.38. The molecule has 5 nitrogen and oxygen atoms in total. The van der Waals surface area contributed by atoms with E-state index in [1.54, 1.807) is 0 Å². The molecule has 98 valence electrons. The number of benzene rings is 1. The number of nitrogens with one attached hydrogen (secondary N) is 1. The molecule has 0 saturated carbocycles. The predicted octanol–water partition coefficient (Wildman–Crippen LogP) is 2.08. The van der Waals surface area contributed by atoms with Crippen molar-refractivity contribution in [1.82, 2.24) is 9.88 Å². The lowest BCUT2D eigenvalue weighted by Gasteiger charge is -2.04. The van der Waals surface area contributed by atoms with Crippen LogP contribution in [0.25, 0.3) is 10.9 Å². The van der Waals surface area contributed by atoms with Crippen molar-refractivity contribution in [2.75, 3.05) is 7.05 Å². The molecule has 2 heterocycles. The summed E-state index contributed by atoms with van der Waals surface area (Å²) in [5.41, 5.74) is 2.52. The number of hydrogen-bond donors (Lipinski definition) is 1. The van der Waals surface area contributed by atoms with Gasteiger partial charge in [0.05, 0.1) is 5.69 Å². The molecule has 0 saturated heterocycles. The maximum atomic E-state index is 12.0. The topological polar surface area (TPSA) is 60.3 Å². The van der Waals surface area contributed by atoms with Crippen molar-refractivity contribution in [3.05, 3.63) is 35.5 Å². The molecular weight excluding hydrogens is 244 g/mol. The van der Waals surface area contributed by atoms with Crippen molar-refractivity contribution >= 4 is 22.8 Å². The van der Waals surface area contributed by atoms with Crippen molar-refractivity contribution in [3.63, 3.8) is 0 Å². The van der Waals surface area contributed by atoms with Crippen LogP contribution in [-0.4, -0.2) is 23.5 Å². The van der Waals surface area contributed by atoms with Crippen molar-refractivity contribution in [3.8, 4) is 0 Å². The molecule has 0 atom stereocenters. The molecule has 1 N–H and O–H groups in total. The second-order valence-electron chi connectivity index (χ2n) is 4.50. The Morgan fingerprint density at radius 1 is 1.42 bits per heavy atom. The molecule has 1 aromatic heterocycles. The second kappa shape index (κ2) is 4.42. The molecular formula is C14H14N2O3. The van der Waals surface area contributed by atoms with Gasteiger partial charge in [0.1, 0.15) is 6.61 Å². The van der Waals surface area contributed by atoms with Crippen LogP contribution in [0.5, 0.6) is 0 Å². The number of alkyl carbamates (subject to hydrolysis) is 1. The van der Waals surface area contributed by atoms with Crippen molar-refractivity contribution in [2.24, 2.45) is 0 Å². The van der Waals surface area contributed by atoms with E-state index >= 15 is 0 Å². The minimum Gasteiger partial charge on any atom is -0.445 e. The fourth-order valence-corrected chi connectivity index (χ4v) is 2.61. The van der Waals surface area contributed by atoms with Gasteiger partial charge in [-0.05, 0) is 6.07 Å². The van der Waals surface area contributed by atoms with E-state index in [9.17, 15) is 9.59 Å². The molecule has 5 heteroatoms. The van der Waals surface area contributed by atoms with Gasteiger partial charge in [0.2, 0.25) is 0 Å². The van der Waals surface area contributed by atoms with E-state index in [4.69, 9.17) is 4.74 Å². The summed E-state index contributed by atoms with van der Waals surface area (Å²) in [6.07, 6.45) is 0.0297. The Morgan fingerprint density at radius 2 is 2.21 bits per heavy atom. The highest BCUT2D eigenvalue weighted by Crippen LogP contribution is 2.31. The van der Waals surface area contributed by atoms with Crippen LogP contribution in [0.15, 0.2) is 24.3 Å². The Kier molecular flexibility index (Phi) is 2.74. The normalized spacial score (nSPS) is 13.6. The smallest absolute Gasteiger partial charge is 0.407 e. The van der Waals surface area contributed by atoms with Crippen LogP contribution < -0.4 is 5.32 Å². The highest BCUT2D eigenvalue weighted by Gasteiger charge is 2.27. The van der Waals surface area contributed by atoms with Crippen LogP contribution in [0.3, 0.4) is 0 Å². The van der Waals surface area contributed by atoms with Crippen LogP contribution in [0.1, 0.15) is 22.5 Å². The van der Waals surface area contributed by atoms with Crippen LogP contribution in [-0.2, 0) is 17.9 Å². The standard InChI is InChI=1S/C14H14N2O3/c1-15-14(18)19-8-10-9-4-2-3-5-11(9)16-7-6-12(17)13(10)16/h2-5H,6-8H2,1H3,(H,15,18). The summed E-state index contributed by atoms with van der Waals surface area (Å²) in [4.78, 5) is 23.2. The summed E-state index contributed by atoms with van der Waals surface area (Å²) in [6.45, 7) is 0.822. The van der Waals surface area contributed by atoms with Gasteiger partial charge >= 0.3 is 6.09 Å². The van der Waals surface area contributed by atoms with E-state index < -0.39 is 6.09 Å². The van der Waals surface area contributed by atoms with Crippen molar-refractivity contribution in [2.45, 2.75) is 19.6 Å². The van der Waals surface area contributed by atoms with Crippen LogP contribution >= 0.6 is 0 Å². The molecule has 1 aliphatic heterocycles. The molecule has 1 aliphatic rings. The molecule has 0 unspecified atom stereocenters. The third-order valence-corrected chi connectivity index (χ3v) is 3.45. The summed E-state index contributed by atoms with van der Waals surface area (Å²) >= 11 is 0. The molecule has 1 aromatic carbocycles. The van der Waals surface area contributed by atoms with Crippen molar-refractivity contribution < 1.29 is 14.3 Å². The number of aromatic nitrogens is 1. The zero-order chi connectivity index (χ0) is 13.4. The lowest BCUT2D eigenvalue weighted by atomic mass is 10.1. The van der Waals surface area contributed by atoms with Crippen LogP contribution in [0, 0.1) is 0 Å². The van der Waals surface area contributed by atoms with Gasteiger partial charge in [0.25, 0.3) is 0 Å². The maximum absolute atomic E-state index is 12.0. The van der Waals surface area contributed by atoms with E-state index in [1.807, 2.05) is 28.8 Å². The molecule has 3 rings (SSSR count). The Hall–Kier alpha value is -2.30. The summed E-state index contributed by atoms with van der Waals surface area (Å²) in [7, 11) is 1.51. The van der Waals surface area contributed by atoms with Gasteiger partial charge < -0.3 is 14.6 Å². The van der Waals surface area contributed by atoms with Gasteiger partial charge in [0, 0.05) is 36.5 Å². The van der Waals surface area contributed by atoms with Gasteiger partial charge in [-0.1, -0.05) is 18.2 Å². The number of amides is 1. The van der Waals surface area contributed by atoms with Crippen LogP contribution in [0.4, 0.5) is 4.79 Å². The Balaban J connectivity index is 2.09. The second-order valence-corrected chi connectivity index (χ2v) is 4.50. The van der Waals surface area contributed by atoms with E-state index in [-0.39, 0.29) is 12.4 Å². The van der Waals surface area contributed by atoms with E-state index in [2.05, 4.69) is 5.32 Å². The van der Waals surface area contributed by atoms with Gasteiger partial charge in [-0.3, -0.25) is 4.79 Å². The monoisotopic (exact) mass is 258 g/mol. The maximum Gasteiger partial charge on any atom is 0.407 e. The first-order valence-electron chi connectivity index (χ1n) is 6.20. The fraction of sp³-hybridized carbons (Fsp3) is 0.286. The summed E-state index contributed by atoms with van der Waals surface area (Å²) in [5.74, 6) is 0.117. The minimum absolute atomic E-state index is 0.117.